The van der Waals surface area contributed by atoms with Gasteiger partial charge in [0.1, 0.15) is 6.54 Å². The first-order chi connectivity index (χ1) is 15.6. The first kappa shape index (κ1) is 20.1. The molecule has 1 aromatic heterocycles. The highest BCUT2D eigenvalue weighted by molar-refractivity contribution is 5.98. The predicted octanol–water partition coefficient (Wildman–Crippen LogP) is 5.15. The van der Waals surface area contributed by atoms with Gasteiger partial charge in [0.15, 0.2) is 0 Å². The van der Waals surface area contributed by atoms with Crippen molar-refractivity contribution in [2.45, 2.75) is 32.4 Å². The summed E-state index contributed by atoms with van der Waals surface area (Å²) in [5.41, 5.74) is 5.21. The monoisotopic (exact) mass is 423 g/mol. The van der Waals surface area contributed by atoms with Crippen LogP contribution in [0.2, 0.25) is 0 Å². The average molecular weight is 424 g/mol. The van der Waals surface area contributed by atoms with Gasteiger partial charge in [-0.25, -0.2) is 0 Å². The zero-order valence-electron chi connectivity index (χ0n) is 18.0. The summed E-state index contributed by atoms with van der Waals surface area (Å²) in [5.74, 6) is -0.225. The highest BCUT2D eigenvalue weighted by Gasteiger charge is 2.24. The molecular formula is C27H25N3O2. The van der Waals surface area contributed by atoms with E-state index in [1.807, 2.05) is 54.0 Å². The lowest BCUT2D eigenvalue weighted by atomic mass is 10.1. The van der Waals surface area contributed by atoms with Gasteiger partial charge in [-0.05, 0) is 55.2 Å². The molecule has 0 bridgehead atoms. The van der Waals surface area contributed by atoms with Crippen molar-refractivity contribution in [2.24, 2.45) is 0 Å². The number of aromatic nitrogens is 1. The number of benzene rings is 3. The van der Waals surface area contributed by atoms with Crippen LogP contribution in [-0.2, 0) is 11.3 Å². The van der Waals surface area contributed by atoms with E-state index in [1.165, 1.54) is 0 Å². The van der Waals surface area contributed by atoms with Crippen LogP contribution < -0.4 is 10.6 Å². The molecule has 3 aromatic carbocycles. The predicted molar refractivity (Wildman–Crippen MR) is 128 cm³/mol. The lowest BCUT2D eigenvalue weighted by molar-refractivity contribution is -0.116. The topological polar surface area (TPSA) is 63.1 Å². The summed E-state index contributed by atoms with van der Waals surface area (Å²) in [4.78, 5) is 25.5. The van der Waals surface area contributed by atoms with Gasteiger partial charge in [-0.1, -0.05) is 54.6 Å². The van der Waals surface area contributed by atoms with Crippen molar-refractivity contribution in [3.8, 4) is 11.3 Å². The second-order valence-electron chi connectivity index (χ2n) is 8.37. The number of fused-ring (bicyclic) bond motifs is 1. The lowest BCUT2D eigenvalue weighted by Gasteiger charge is -2.14. The van der Waals surface area contributed by atoms with E-state index in [-0.39, 0.29) is 18.4 Å². The molecule has 4 aromatic rings. The van der Waals surface area contributed by atoms with Gasteiger partial charge >= 0.3 is 0 Å². The summed E-state index contributed by atoms with van der Waals surface area (Å²) >= 11 is 0. The third-order valence-corrected chi connectivity index (χ3v) is 5.87. The van der Waals surface area contributed by atoms with E-state index in [0.29, 0.717) is 17.3 Å². The van der Waals surface area contributed by atoms with Crippen molar-refractivity contribution >= 4 is 28.4 Å². The molecule has 0 aliphatic heterocycles. The molecule has 0 unspecified atom stereocenters. The van der Waals surface area contributed by atoms with E-state index in [9.17, 15) is 9.59 Å². The fourth-order valence-corrected chi connectivity index (χ4v) is 3.96. The Bertz CT molecular complexity index is 1300. The van der Waals surface area contributed by atoms with Crippen LogP contribution in [-0.4, -0.2) is 22.4 Å². The summed E-state index contributed by atoms with van der Waals surface area (Å²) in [6.07, 6.45) is 2.07. The molecule has 2 N–H and O–H groups in total. The fraction of sp³-hybridized carbons (Fsp3) is 0.185. The normalized spacial score (nSPS) is 13.2. The molecule has 1 aliphatic rings. The maximum absolute atomic E-state index is 13.1. The van der Waals surface area contributed by atoms with Crippen LogP contribution in [0.4, 0.5) is 5.69 Å². The second kappa shape index (κ2) is 8.35. The molecule has 0 atom stereocenters. The quantitative estimate of drug-likeness (QED) is 0.451. The average Bonchev–Trinajstić information content (AvgIpc) is 3.55. The third-order valence-electron chi connectivity index (χ3n) is 5.87. The molecule has 32 heavy (non-hydrogen) atoms. The largest absolute Gasteiger partial charge is 0.349 e. The van der Waals surface area contributed by atoms with Crippen LogP contribution in [0, 0.1) is 6.92 Å². The Labute approximate surface area is 187 Å². The number of aryl methyl sites for hydroxylation is 1. The molecule has 0 radical (unpaired) electrons. The summed E-state index contributed by atoms with van der Waals surface area (Å²) in [5, 5.41) is 7.10. The molecule has 0 spiro atoms. The van der Waals surface area contributed by atoms with Crippen LogP contribution in [0.15, 0.2) is 78.9 Å². The van der Waals surface area contributed by atoms with Gasteiger partial charge in [0.05, 0.1) is 0 Å². The first-order valence-corrected chi connectivity index (χ1v) is 10.9. The molecule has 5 heteroatoms. The number of carbonyl (C=O) groups excluding carboxylic acids is 2. The zero-order valence-corrected chi connectivity index (χ0v) is 18.0. The molecular weight excluding hydrogens is 398 g/mol. The van der Waals surface area contributed by atoms with Crippen molar-refractivity contribution in [1.29, 1.82) is 0 Å². The second-order valence-corrected chi connectivity index (χ2v) is 8.37. The molecule has 2 amide bonds. The van der Waals surface area contributed by atoms with Crippen molar-refractivity contribution in [3.63, 3.8) is 0 Å². The van der Waals surface area contributed by atoms with E-state index in [0.717, 1.165) is 40.6 Å². The molecule has 5 nitrogen and oxygen atoms in total. The van der Waals surface area contributed by atoms with Gasteiger partial charge in [-0.2, -0.15) is 0 Å². The first-order valence-electron chi connectivity index (χ1n) is 10.9. The van der Waals surface area contributed by atoms with Crippen molar-refractivity contribution < 1.29 is 9.59 Å². The van der Waals surface area contributed by atoms with Crippen molar-refractivity contribution in [1.82, 2.24) is 9.88 Å². The van der Waals surface area contributed by atoms with E-state index in [1.54, 1.807) is 12.1 Å². The Morgan fingerprint density at radius 1 is 0.938 bits per heavy atom. The molecule has 1 fully saturated rings. The van der Waals surface area contributed by atoms with E-state index in [2.05, 4.69) is 34.9 Å². The number of carbonyl (C=O) groups is 2. The van der Waals surface area contributed by atoms with Crippen LogP contribution in [0.5, 0.6) is 0 Å². The SMILES string of the molecule is Cc1ccc(C(=O)NC2CC2)cc1NC(=O)Cn1c(-c2ccccc2)cc2ccccc21. The number of hydrogen-bond acceptors (Lipinski definition) is 2. The maximum Gasteiger partial charge on any atom is 0.251 e. The number of amides is 2. The van der Waals surface area contributed by atoms with Gasteiger partial charge in [-0.15, -0.1) is 0 Å². The molecule has 5 rings (SSSR count). The lowest BCUT2D eigenvalue weighted by Crippen LogP contribution is -2.25. The number of rotatable bonds is 6. The maximum atomic E-state index is 13.1. The molecule has 160 valence electrons. The summed E-state index contributed by atoms with van der Waals surface area (Å²) in [6, 6.07) is 26.0. The standard InChI is InChI=1S/C27H25N3O2/c1-18-11-12-21(27(32)28-22-13-14-22)15-23(18)29-26(31)17-30-24-10-6-5-9-20(24)16-25(30)19-7-3-2-4-8-19/h2-12,15-16,22H,13-14,17H2,1H3,(H,28,32)(H,29,31). The summed E-state index contributed by atoms with van der Waals surface area (Å²) < 4.78 is 2.04. The number of para-hydroxylation sites is 1. The smallest absolute Gasteiger partial charge is 0.251 e. The number of hydrogen-bond donors (Lipinski definition) is 2. The van der Waals surface area contributed by atoms with Gasteiger partial charge < -0.3 is 15.2 Å². The van der Waals surface area contributed by atoms with E-state index in [4.69, 9.17) is 0 Å². The minimum Gasteiger partial charge on any atom is -0.349 e. The van der Waals surface area contributed by atoms with Crippen LogP contribution in [0.3, 0.4) is 0 Å². The van der Waals surface area contributed by atoms with Crippen LogP contribution in [0.25, 0.3) is 22.2 Å². The Morgan fingerprint density at radius 2 is 1.69 bits per heavy atom. The van der Waals surface area contributed by atoms with Gasteiger partial charge in [-0.3, -0.25) is 9.59 Å². The number of nitrogens with one attached hydrogen (secondary N) is 2. The Morgan fingerprint density at radius 3 is 2.47 bits per heavy atom. The van der Waals surface area contributed by atoms with Gasteiger partial charge in [0, 0.05) is 33.9 Å². The molecule has 0 saturated heterocycles. The number of anilines is 1. The summed E-state index contributed by atoms with van der Waals surface area (Å²) in [7, 11) is 0. The summed E-state index contributed by atoms with van der Waals surface area (Å²) in [6.45, 7) is 2.11. The minimum atomic E-state index is -0.133. The zero-order chi connectivity index (χ0) is 22.1. The van der Waals surface area contributed by atoms with Crippen LogP contribution in [0.1, 0.15) is 28.8 Å². The minimum absolute atomic E-state index is 0.0919. The third kappa shape index (κ3) is 4.14. The highest BCUT2D eigenvalue weighted by atomic mass is 16.2. The Kier molecular flexibility index (Phi) is 5.23. The molecule has 1 saturated carbocycles. The van der Waals surface area contributed by atoms with Crippen LogP contribution >= 0.6 is 0 Å². The van der Waals surface area contributed by atoms with E-state index < -0.39 is 0 Å². The van der Waals surface area contributed by atoms with Crippen molar-refractivity contribution in [2.75, 3.05) is 5.32 Å². The Balaban J connectivity index is 1.42. The van der Waals surface area contributed by atoms with E-state index >= 15 is 0 Å². The molecule has 1 aliphatic carbocycles. The molecule has 1 heterocycles. The fourth-order valence-electron chi connectivity index (χ4n) is 3.96. The van der Waals surface area contributed by atoms with Gasteiger partial charge in [0.25, 0.3) is 5.91 Å². The van der Waals surface area contributed by atoms with Gasteiger partial charge in [0.2, 0.25) is 5.91 Å². The van der Waals surface area contributed by atoms with Crippen molar-refractivity contribution in [3.05, 3.63) is 90.0 Å². The highest BCUT2D eigenvalue weighted by Crippen LogP contribution is 2.28. The Hall–Kier alpha value is -3.86. The number of nitrogens with zero attached hydrogens (tertiary/aromatic N) is 1.